The Balaban J connectivity index is 1.91. The van der Waals surface area contributed by atoms with Crippen LogP contribution in [0.3, 0.4) is 0 Å². The molecule has 0 spiro atoms. The van der Waals surface area contributed by atoms with E-state index in [9.17, 15) is 5.26 Å². The molecule has 0 fully saturated rings. The van der Waals surface area contributed by atoms with Crippen LogP contribution in [-0.2, 0) is 12.8 Å². The highest BCUT2D eigenvalue weighted by Gasteiger charge is 2.36. The molecule has 3 rings (SSSR count). The number of nitriles is 1. The molecule has 2 nitrogen and oxygen atoms in total. The minimum atomic E-state index is -0.458. The summed E-state index contributed by atoms with van der Waals surface area (Å²) < 4.78 is 5.82. The molecule has 1 aliphatic rings. The summed E-state index contributed by atoms with van der Waals surface area (Å²) in [7, 11) is 0. The van der Waals surface area contributed by atoms with E-state index in [1.54, 1.807) is 0 Å². The fourth-order valence-corrected chi connectivity index (χ4v) is 2.82. The van der Waals surface area contributed by atoms with Crippen molar-refractivity contribution in [2.75, 3.05) is 6.61 Å². The van der Waals surface area contributed by atoms with E-state index in [1.165, 1.54) is 11.1 Å². The van der Waals surface area contributed by atoms with Gasteiger partial charge in [-0.05, 0) is 42.5 Å². The van der Waals surface area contributed by atoms with Crippen LogP contribution in [-0.4, -0.2) is 6.61 Å². The van der Waals surface area contributed by atoms with Gasteiger partial charge in [-0.3, -0.25) is 0 Å². The lowest BCUT2D eigenvalue weighted by Gasteiger charge is -2.32. The van der Waals surface area contributed by atoms with E-state index in [0.717, 1.165) is 24.2 Å². The van der Waals surface area contributed by atoms with Crippen molar-refractivity contribution in [3.63, 3.8) is 0 Å². The maximum Gasteiger partial charge on any atom is 0.122 e. The number of hydrogen-bond donors (Lipinski definition) is 0. The van der Waals surface area contributed by atoms with Gasteiger partial charge in [0.05, 0.1) is 11.5 Å². The first-order valence-corrected chi connectivity index (χ1v) is 6.89. The molecule has 2 heteroatoms. The number of rotatable bonds is 2. The summed E-state index contributed by atoms with van der Waals surface area (Å²) in [6.45, 7) is 2.56. The van der Waals surface area contributed by atoms with Crippen LogP contribution in [0.2, 0.25) is 0 Å². The molecule has 0 aliphatic carbocycles. The first kappa shape index (κ1) is 12.7. The molecule has 1 aliphatic heterocycles. The van der Waals surface area contributed by atoms with Gasteiger partial charge in [-0.25, -0.2) is 0 Å². The highest BCUT2D eigenvalue weighted by molar-refractivity contribution is 5.39. The fraction of sp³-hybridized carbons (Fsp3) is 0.278. The Morgan fingerprint density at radius 2 is 1.90 bits per heavy atom. The highest BCUT2D eigenvalue weighted by Crippen LogP contribution is 2.36. The van der Waals surface area contributed by atoms with Crippen molar-refractivity contribution in [1.29, 1.82) is 5.26 Å². The minimum Gasteiger partial charge on any atom is -0.492 e. The van der Waals surface area contributed by atoms with E-state index in [1.807, 2.05) is 30.3 Å². The third-order valence-electron chi connectivity index (χ3n) is 4.03. The van der Waals surface area contributed by atoms with Crippen molar-refractivity contribution in [2.24, 2.45) is 5.41 Å². The van der Waals surface area contributed by atoms with E-state index in [-0.39, 0.29) is 0 Å². The van der Waals surface area contributed by atoms with Crippen molar-refractivity contribution in [3.8, 4) is 11.8 Å². The molecule has 20 heavy (non-hydrogen) atoms. The van der Waals surface area contributed by atoms with Crippen molar-refractivity contribution in [2.45, 2.75) is 19.8 Å². The monoisotopic (exact) mass is 263 g/mol. The van der Waals surface area contributed by atoms with Gasteiger partial charge in [-0.1, -0.05) is 42.5 Å². The van der Waals surface area contributed by atoms with E-state index < -0.39 is 5.41 Å². The van der Waals surface area contributed by atoms with Crippen LogP contribution in [0, 0.1) is 23.7 Å². The SMILES string of the molecule is Cc1ccccc1CC1(C#N)COc2ccccc2C1. The molecular formula is C18H17NO. The van der Waals surface area contributed by atoms with Gasteiger partial charge >= 0.3 is 0 Å². The van der Waals surface area contributed by atoms with E-state index in [0.29, 0.717) is 6.61 Å². The second-order valence-electron chi connectivity index (χ2n) is 5.57. The molecule has 2 aromatic carbocycles. The van der Waals surface area contributed by atoms with Crippen LogP contribution in [0.4, 0.5) is 0 Å². The Kier molecular flexibility index (Phi) is 3.20. The standard InChI is InChI=1S/C18H17NO/c1-14-6-2-3-7-15(14)10-18(12-19)11-16-8-4-5-9-17(16)20-13-18/h2-9H,10-11,13H2,1H3. The van der Waals surface area contributed by atoms with Gasteiger partial charge in [-0.2, -0.15) is 5.26 Å². The number of aryl methyl sites for hydroxylation is 1. The second-order valence-corrected chi connectivity index (χ2v) is 5.57. The van der Waals surface area contributed by atoms with Gasteiger partial charge in [-0.15, -0.1) is 0 Å². The predicted octanol–water partition coefficient (Wildman–Crippen LogP) is 3.68. The average molecular weight is 263 g/mol. The van der Waals surface area contributed by atoms with Crippen LogP contribution in [0.5, 0.6) is 5.75 Å². The lowest BCUT2D eigenvalue weighted by molar-refractivity contribution is 0.169. The van der Waals surface area contributed by atoms with Crippen LogP contribution >= 0.6 is 0 Å². The molecule has 0 aromatic heterocycles. The molecule has 0 amide bonds. The Hall–Kier alpha value is -2.27. The molecule has 0 saturated carbocycles. The fourth-order valence-electron chi connectivity index (χ4n) is 2.82. The molecule has 1 unspecified atom stereocenters. The van der Waals surface area contributed by atoms with E-state index in [4.69, 9.17) is 4.74 Å². The molecular weight excluding hydrogens is 246 g/mol. The second kappa shape index (κ2) is 5.02. The Labute approximate surface area is 119 Å². The third kappa shape index (κ3) is 2.28. The Morgan fingerprint density at radius 3 is 2.70 bits per heavy atom. The summed E-state index contributed by atoms with van der Waals surface area (Å²) in [4.78, 5) is 0. The summed E-state index contributed by atoms with van der Waals surface area (Å²) in [5, 5.41) is 9.69. The number of ether oxygens (including phenoxy) is 1. The van der Waals surface area contributed by atoms with Gasteiger partial charge in [0.1, 0.15) is 12.4 Å². The topological polar surface area (TPSA) is 33.0 Å². The van der Waals surface area contributed by atoms with Crippen molar-refractivity contribution in [3.05, 3.63) is 65.2 Å². The molecule has 1 heterocycles. The van der Waals surface area contributed by atoms with Crippen LogP contribution in [0.15, 0.2) is 48.5 Å². The largest absolute Gasteiger partial charge is 0.492 e. The maximum atomic E-state index is 9.69. The zero-order valence-electron chi connectivity index (χ0n) is 11.6. The molecule has 0 bridgehead atoms. The number of hydrogen-bond acceptors (Lipinski definition) is 2. The number of para-hydroxylation sites is 1. The van der Waals surface area contributed by atoms with Gasteiger partial charge in [0.25, 0.3) is 0 Å². The number of fused-ring (bicyclic) bond motifs is 1. The summed E-state index contributed by atoms with van der Waals surface area (Å²) >= 11 is 0. The average Bonchev–Trinajstić information content (AvgIpc) is 2.49. The molecule has 100 valence electrons. The first-order chi connectivity index (χ1) is 9.72. The molecule has 2 aromatic rings. The van der Waals surface area contributed by atoms with Crippen LogP contribution in [0.1, 0.15) is 16.7 Å². The van der Waals surface area contributed by atoms with Gasteiger partial charge in [0, 0.05) is 0 Å². The summed E-state index contributed by atoms with van der Waals surface area (Å²) in [5.74, 6) is 0.920. The Bertz CT molecular complexity index is 671. The van der Waals surface area contributed by atoms with E-state index in [2.05, 4.69) is 31.2 Å². The summed E-state index contributed by atoms with van der Waals surface area (Å²) in [5.41, 5.74) is 3.15. The Morgan fingerprint density at radius 1 is 1.15 bits per heavy atom. The van der Waals surface area contributed by atoms with Gasteiger partial charge in [0.2, 0.25) is 0 Å². The molecule has 0 N–H and O–H groups in total. The molecule has 0 radical (unpaired) electrons. The lowest BCUT2D eigenvalue weighted by Crippen LogP contribution is -2.35. The smallest absolute Gasteiger partial charge is 0.122 e. The number of nitrogens with zero attached hydrogens (tertiary/aromatic N) is 1. The van der Waals surface area contributed by atoms with Crippen molar-refractivity contribution in [1.82, 2.24) is 0 Å². The maximum absolute atomic E-state index is 9.69. The summed E-state index contributed by atoms with van der Waals surface area (Å²) in [6, 6.07) is 18.8. The summed E-state index contributed by atoms with van der Waals surface area (Å²) in [6.07, 6.45) is 1.50. The zero-order chi connectivity index (χ0) is 14.0. The van der Waals surface area contributed by atoms with Crippen molar-refractivity contribution >= 4 is 0 Å². The van der Waals surface area contributed by atoms with Crippen LogP contribution in [0.25, 0.3) is 0 Å². The quantitative estimate of drug-likeness (QED) is 0.828. The normalized spacial score (nSPS) is 20.6. The van der Waals surface area contributed by atoms with E-state index >= 15 is 0 Å². The third-order valence-corrected chi connectivity index (χ3v) is 4.03. The van der Waals surface area contributed by atoms with Gasteiger partial charge < -0.3 is 4.74 Å². The number of benzene rings is 2. The van der Waals surface area contributed by atoms with Crippen LogP contribution < -0.4 is 4.74 Å². The predicted molar refractivity (Wildman–Crippen MR) is 78.6 cm³/mol. The minimum absolute atomic E-state index is 0.458. The molecule has 0 saturated heterocycles. The lowest BCUT2D eigenvalue weighted by atomic mass is 9.76. The van der Waals surface area contributed by atoms with Gasteiger partial charge in [0.15, 0.2) is 0 Å². The van der Waals surface area contributed by atoms with Crippen molar-refractivity contribution < 1.29 is 4.74 Å². The zero-order valence-corrected chi connectivity index (χ0v) is 11.6. The molecule has 1 atom stereocenters. The first-order valence-electron chi connectivity index (χ1n) is 6.89. The highest BCUT2D eigenvalue weighted by atomic mass is 16.5.